The third-order valence-corrected chi connectivity index (χ3v) is 7.16. The number of anilines is 3. The summed E-state index contributed by atoms with van der Waals surface area (Å²) in [6.45, 7) is 5.03. The van der Waals surface area contributed by atoms with Crippen molar-refractivity contribution in [3.63, 3.8) is 0 Å². The molecule has 0 aliphatic carbocycles. The van der Waals surface area contributed by atoms with E-state index >= 15 is 0 Å². The smallest absolute Gasteiger partial charge is 0.369 e. The van der Waals surface area contributed by atoms with E-state index in [1.807, 2.05) is 54.2 Å². The molecule has 10 heteroatoms. The van der Waals surface area contributed by atoms with Crippen LogP contribution in [0.2, 0.25) is 0 Å². The summed E-state index contributed by atoms with van der Waals surface area (Å²) in [4.78, 5) is 15.4. The third kappa shape index (κ3) is 5.10. The second-order valence-corrected chi connectivity index (χ2v) is 10.0. The molecule has 2 N–H and O–H groups in total. The summed E-state index contributed by atoms with van der Waals surface area (Å²) in [5.74, 6) is 0.384. The van der Waals surface area contributed by atoms with Crippen molar-refractivity contribution in [1.29, 1.82) is 0 Å². The van der Waals surface area contributed by atoms with Crippen LogP contribution in [-0.4, -0.2) is 45.2 Å². The monoisotopic (exact) mass is 543 g/mol. The highest BCUT2D eigenvalue weighted by Gasteiger charge is 2.32. The van der Waals surface area contributed by atoms with Gasteiger partial charge in [0.25, 0.3) is 0 Å². The lowest BCUT2D eigenvalue weighted by Gasteiger charge is -2.33. The van der Waals surface area contributed by atoms with Gasteiger partial charge in [-0.3, -0.25) is 4.98 Å². The summed E-state index contributed by atoms with van der Waals surface area (Å²) >= 11 is 0. The summed E-state index contributed by atoms with van der Waals surface area (Å²) in [5.41, 5.74) is 4.59. The molecule has 6 rings (SSSR count). The molecule has 1 fully saturated rings. The summed E-state index contributed by atoms with van der Waals surface area (Å²) in [7, 11) is 1.95. The van der Waals surface area contributed by atoms with Gasteiger partial charge in [-0.25, -0.2) is 9.97 Å². The second kappa shape index (κ2) is 10.3. The lowest BCUT2D eigenvalue weighted by atomic mass is 10.0. The number of fused-ring (bicyclic) bond motifs is 1. The number of alkyl halides is 3. The Morgan fingerprint density at radius 2 is 1.75 bits per heavy atom. The molecule has 1 aliphatic heterocycles. The van der Waals surface area contributed by atoms with Gasteiger partial charge in [0.05, 0.1) is 5.69 Å². The number of aryl methyl sites for hydroxylation is 1. The molecule has 1 aliphatic rings. The van der Waals surface area contributed by atoms with E-state index in [0.29, 0.717) is 28.8 Å². The second-order valence-electron chi connectivity index (χ2n) is 10.0. The largest absolute Gasteiger partial charge is 0.433 e. The van der Waals surface area contributed by atoms with Crippen LogP contribution in [0.25, 0.3) is 33.3 Å². The van der Waals surface area contributed by atoms with E-state index < -0.39 is 11.9 Å². The van der Waals surface area contributed by atoms with Crippen LogP contribution in [0, 0.1) is 0 Å². The number of nitrogens with one attached hydrogen (secondary N) is 2. The standard InChI is InChI=1S/C30H28F3N7/c1-19-17-40(14-13-34-19)22-10-8-21(9-11-22)37-29-36-16-24(20-7-12-27(35-15-20)30(31,32)33)28(38-29)25-18-39(2)26-6-4-3-5-23(25)26/h3-12,15-16,18-19,34H,13-14,17H2,1-2H3,(H,36,37,38)/t19-/m0/s1. The number of halogens is 3. The van der Waals surface area contributed by atoms with Crippen LogP contribution < -0.4 is 15.5 Å². The molecule has 5 aromatic rings. The fourth-order valence-electron chi connectivity index (χ4n) is 5.16. The molecule has 204 valence electrons. The lowest BCUT2D eigenvalue weighted by Crippen LogP contribution is -2.49. The first-order valence-corrected chi connectivity index (χ1v) is 13.1. The molecule has 0 radical (unpaired) electrons. The van der Waals surface area contributed by atoms with Crippen LogP contribution in [0.5, 0.6) is 0 Å². The zero-order valence-electron chi connectivity index (χ0n) is 22.1. The summed E-state index contributed by atoms with van der Waals surface area (Å²) in [6, 6.07) is 18.9. The Bertz CT molecular complexity index is 1640. The highest BCUT2D eigenvalue weighted by molar-refractivity contribution is 5.98. The normalized spacial score (nSPS) is 15.9. The van der Waals surface area contributed by atoms with Crippen LogP contribution in [0.15, 0.2) is 79.3 Å². The van der Waals surface area contributed by atoms with Crippen molar-refractivity contribution in [2.45, 2.75) is 19.1 Å². The van der Waals surface area contributed by atoms with Crippen LogP contribution in [0.4, 0.5) is 30.5 Å². The van der Waals surface area contributed by atoms with Gasteiger partial charge in [-0.15, -0.1) is 0 Å². The number of para-hydroxylation sites is 1. The Balaban J connectivity index is 1.37. The molecule has 1 saturated heterocycles. The van der Waals surface area contributed by atoms with E-state index in [9.17, 15) is 13.2 Å². The van der Waals surface area contributed by atoms with Crippen LogP contribution in [0.1, 0.15) is 12.6 Å². The van der Waals surface area contributed by atoms with Gasteiger partial charge in [0.2, 0.25) is 5.95 Å². The molecule has 0 unspecified atom stereocenters. The molecule has 0 spiro atoms. The van der Waals surface area contributed by atoms with Gasteiger partial charge < -0.3 is 20.1 Å². The SMILES string of the molecule is C[C@H]1CN(c2ccc(Nc3ncc(-c4ccc(C(F)(F)F)nc4)c(-c4cn(C)c5ccccc45)n3)cc2)CCN1. The molecule has 1 atom stereocenters. The first kappa shape index (κ1) is 25.8. The van der Waals surface area contributed by atoms with E-state index in [1.54, 1.807) is 6.20 Å². The zero-order chi connectivity index (χ0) is 27.9. The first-order valence-electron chi connectivity index (χ1n) is 13.1. The average molecular weight is 544 g/mol. The maximum Gasteiger partial charge on any atom is 0.433 e. The van der Waals surface area contributed by atoms with Crippen LogP contribution in [-0.2, 0) is 13.2 Å². The Hall–Kier alpha value is -4.44. The summed E-state index contributed by atoms with van der Waals surface area (Å²) < 4.78 is 41.4. The molecule has 7 nitrogen and oxygen atoms in total. The fraction of sp³-hybridized carbons (Fsp3) is 0.233. The van der Waals surface area contributed by atoms with Gasteiger partial charge in [-0.1, -0.05) is 24.3 Å². The summed E-state index contributed by atoms with van der Waals surface area (Å²) in [5, 5.41) is 7.73. The molecule has 0 amide bonds. The van der Waals surface area contributed by atoms with Crippen molar-refractivity contribution >= 4 is 28.2 Å². The van der Waals surface area contributed by atoms with Crippen molar-refractivity contribution < 1.29 is 13.2 Å². The lowest BCUT2D eigenvalue weighted by molar-refractivity contribution is -0.141. The quantitative estimate of drug-likeness (QED) is 0.273. The maximum absolute atomic E-state index is 13.1. The minimum absolute atomic E-state index is 0.384. The minimum atomic E-state index is -4.51. The van der Waals surface area contributed by atoms with Crippen LogP contribution >= 0.6 is 0 Å². The number of hydrogen-bond donors (Lipinski definition) is 2. The summed E-state index contributed by atoms with van der Waals surface area (Å²) in [6.07, 6.45) is 0.313. The molecular formula is C30H28F3N7. The van der Waals surface area contributed by atoms with Crippen molar-refractivity contribution in [2.75, 3.05) is 29.9 Å². The number of aromatic nitrogens is 4. The Kier molecular flexibility index (Phi) is 6.63. The molecular weight excluding hydrogens is 515 g/mol. The molecule has 2 aromatic carbocycles. The van der Waals surface area contributed by atoms with E-state index in [0.717, 1.165) is 53.5 Å². The van der Waals surface area contributed by atoms with Crippen molar-refractivity contribution in [3.8, 4) is 22.4 Å². The minimum Gasteiger partial charge on any atom is -0.369 e. The third-order valence-electron chi connectivity index (χ3n) is 7.16. The molecule has 0 bridgehead atoms. The fourth-order valence-corrected chi connectivity index (χ4v) is 5.16. The highest BCUT2D eigenvalue weighted by Crippen LogP contribution is 2.37. The van der Waals surface area contributed by atoms with Crippen molar-refractivity contribution in [1.82, 2.24) is 24.8 Å². The van der Waals surface area contributed by atoms with Gasteiger partial charge in [-0.2, -0.15) is 13.2 Å². The first-order chi connectivity index (χ1) is 19.3. The highest BCUT2D eigenvalue weighted by atomic mass is 19.4. The number of benzene rings is 2. The number of pyridine rings is 1. The van der Waals surface area contributed by atoms with E-state index in [2.05, 4.69) is 44.6 Å². The van der Waals surface area contributed by atoms with Crippen molar-refractivity contribution in [3.05, 3.63) is 84.9 Å². The Labute approximate surface area is 229 Å². The van der Waals surface area contributed by atoms with Gasteiger partial charge in [-0.05, 0) is 43.3 Å². The number of rotatable bonds is 5. The predicted octanol–water partition coefficient (Wildman–Crippen LogP) is 6.26. The van der Waals surface area contributed by atoms with Gasteiger partial charge in [0.15, 0.2) is 0 Å². The Morgan fingerprint density at radius 3 is 2.48 bits per heavy atom. The number of piperazine rings is 1. The maximum atomic E-state index is 13.1. The molecule has 3 aromatic heterocycles. The molecule has 4 heterocycles. The van der Waals surface area contributed by atoms with Gasteiger partial charge in [0, 0.05) is 90.3 Å². The van der Waals surface area contributed by atoms with E-state index in [4.69, 9.17) is 4.98 Å². The van der Waals surface area contributed by atoms with Crippen molar-refractivity contribution in [2.24, 2.45) is 7.05 Å². The number of hydrogen-bond acceptors (Lipinski definition) is 6. The average Bonchev–Trinajstić information content (AvgIpc) is 3.29. The Morgan fingerprint density at radius 1 is 0.950 bits per heavy atom. The van der Waals surface area contributed by atoms with Gasteiger partial charge >= 0.3 is 6.18 Å². The molecule has 40 heavy (non-hydrogen) atoms. The zero-order valence-corrected chi connectivity index (χ0v) is 22.1. The van der Waals surface area contributed by atoms with E-state index in [-0.39, 0.29) is 0 Å². The van der Waals surface area contributed by atoms with Crippen LogP contribution in [0.3, 0.4) is 0 Å². The molecule has 0 saturated carbocycles. The number of nitrogens with zero attached hydrogens (tertiary/aromatic N) is 5. The predicted molar refractivity (Wildman–Crippen MR) is 152 cm³/mol. The van der Waals surface area contributed by atoms with E-state index in [1.165, 1.54) is 12.3 Å². The topological polar surface area (TPSA) is 70.9 Å². The van der Waals surface area contributed by atoms with Gasteiger partial charge in [0.1, 0.15) is 5.69 Å².